The lowest BCUT2D eigenvalue weighted by atomic mass is 10.2. The van der Waals surface area contributed by atoms with E-state index in [0.717, 1.165) is 0 Å². The molecule has 0 fully saturated rings. The average molecular weight is 280 g/mol. The maximum Gasteiger partial charge on any atom is 0.326 e. The molecule has 1 atom stereocenters. The van der Waals surface area contributed by atoms with Crippen LogP contribution >= 0.6 is 0 Å². The molecule has 1 rings (SSSR count). The maximum absolute atomic E-state index is 11.7. The van der Waals surface area contributed by atoms with Gasteiger partial charge < -0.3 is 20.5 Å². The summed E-state index contributed by atoms with van der Waals surface area (Å²) < 4.78 is 5.32. The van der Waals surface area contributed by atoms with Crippen molar-refractivity contribution in [2.45, 2.75) is 32.7 Å². The van der Waals surface area contributed by atoms with E-state index in [0.29, 0.717) is 30.9 Å². The van der Waals surface area contributed by atoms with Crippen LogP contribution in [0, 0.1) is 0 Å². The smallest absolute Gasteiger partial charge is 0.326 e. The molecule has 2 amide bonds. The van der Waals surface area contributed by atoms with E-state index in [-0.39, 0.29) is 0 Å². The van der Waals surface area contributed by atoms with Gasteiger partial charge in [-0.1, -0.05) is 19.4 Å². The molecular formula is C14H20N2O4. The number of aliphatic carboxylic acids is 1. The van der Waals surface area contributed by atoms with Gasteiger partial charge in [-0.25, -0.2) is 9.59 Å². The van der Waals surface area contributed by atoms with Gasteiger partial charge in [-0.3, -0.25) is 0 Å². The van der Waals surface area contributed by atoms with E-state index in [4.69, 9.17) is 9.84 Å². The summed E-state index contributed by atoms with van der Waals surface area (Å²) in [6.07, 6.45) is 1.07. The average Bonchev–Trinajstić information content (AvgIpc) is 2.38. The zero-order valence-electron chi connectivity index (χ0n) is 11.7. The summed E-state index contributed by atoms with van der Waals surface area (Å²) in [6.45, 7) is 4.27. The third-order valence-electron chi connectivity index (χ3n) is 2.58. The lowest BCUT2D eigenvalue weighted by Crippen LogP contribution is -2.42. The minimum absolute atomic E-state index is 0.391. The fraction of sp³-hybridized carbons (Fsp3) is 0.429. The number of hydrogen-bond acceptors (Lipinski definition) is 3. The summed E-state index contributed by atoms with van der Waals surface area (Å²) in [5, 5.41) is 14.0. The monoisotopic (exact) mass is 280 g/mol. The number of carboxylic acid groups (broad SMARTS) is 1. The Morgan fingerprint density at radius 2 is 2.10 bits per heavy atom. The van der Waals surface area contributed by atoms with E-state index in [1.54, 1.807) is 24.3 Å². The standard InChI is InChI=1S/C14H20N2O4/c1-3-6-12(13(17)18)16-14(19)15-10-7-5-8-11(9-10)20-4-2/h5,7-9,12H,3-4,6H2,1-2H3,(H,17,18)(H2,15,16,19)/t12-/m1/s1. The van der Waals surface area contributed by atoms with Crippen molar-refractivity contribution < 1.29 is 19.4 Å². The second-order valence-corrected chi connectivity index (χ2v) is 4.24. The Hall–Kier alpha value is -2.24. The van der Waals surface area contributed by atoms with Gasteiger partial charge in [0.25, 0.3) is 0 Å². The van der Waals surface area contributed by atoms with E-state index < -0.39 is 18.0 Å². The predicted octanol–water partition coefficient (Wildman–Crippen LogP) is 2.46. The van der Waals surface area contributed by atoms with Crippen LogP contribution in [0.5, 0.6) is 5.75 Å². The van der Waals surface area contributed by atoms with Gasteiger partial charge in [-0.2, -0.15) is 0 Å². The topological polar surface area (TPSA) is 87.7 Å². The molecule has 0 saturated carbocycles. The Morgan fingerprint density at radius 3 is 2.70 bits per heavy atom. The van der Waals surface area contributed by atoms with Crippen molar-refractivity contribution in [1.29, 1.82) is 0 Å². The van der Waals surface area contributed by atoms with Crippen molar-refractivity contribution in [2.75, 3.05) is 11.9 Å². The number of benzene rings is 1. The molecule has 0 aliphatic rings. The van der Waals surface area contributed by atoms with Crippen molar-refractivity contribution in [2.24, 2.45) is 0 Å². The van der Waals surface area contributed by atoms with Crippen molar-refractivity contribution in [3.8, 4) is 5.75 Å². The highest BCUT2D eigenvalue weighted by molar-refractivity contribution is 5.92. The number of ether oxygens (including phenoxy) is 1. The highest BCUT2D eigenvalue weighted by Gasteiger charge is 2.18. The lowest BCUT2D eigenvalue weighted by Gasteiger charge is -2.14. The van der Waals surface area contributed by atoms with Gasteiger partial charge in [-0.05, 0) is 25.5 Å². The molecule has 3 N–H and O–H groups in total. The van der Waals surface area contributed by atoms with Crippen LogP contribution in [-0.4, -0.2) is 29.8 Å². The summed E-state index contributed by atoms with van der Waals surface area (Å²) in [4.78, 5) is 22.7. The Labute approximate surface area is 118 Å². The Kier molecular flexibility index (Phi) is 6.36. The third-order valence-corrected chi connectivity index (χ3v) is 2.58. The van der Waals surface area contributed by atoms with Crippen molar-refractivity contribution >= 4 is 17.7 Å². The first kappa shape index (κ1) is 15.8. The summed E-state index contributed by atoms with van der Waals surface area (Å²) in [5.74, 6) is -0.390. The van der Waals surface area contributed by atoms with Crippen LogP contribution in [0.1, 0.15) is 26.7 Å². The zero-order valence-corrected chi connectivity index (χ0v) is 11.7. The quantitative estimate of drug-likeness (QED) is 0.716. The molecule has 0 aromatic heterocycles. The first-order valence-electron chi connectivity index (χ1n) is 6.60. The fourth-order valence-corrected chi connectivity index (χ4v) is 1.70. The van der Waals surface area contributed by atoms with Gasteiger partial charge in [-0.15, -0.1) is 0 Å². The fourth-order valence-electron chi connectivity index (χ4n) is 1.70. The molecule has 0 aliphatic heterocycles. The predicted molar refractivity (Wildman–Crippen MR) is 76.1 cm³/mol. The SMILES string of the molecule is CCC[C@@H](NC(=O)Nc1cccc(OCC)c1)C(=O)O. The summed E-state index contributed by atoms with van der Waals surface area (Å²) in [5.41, 5.74) is 0.550. The number of hydrogen-bond donors (Lipinski definition) is 3. The van der Waals surface area contributed by atoms with E-state index in [1.807, 2.05) is 13.8 Å². The van der Waals surface area contributed by atoms with E-state index in [2.05, 4.69) is 10.6 Å². The molecule has 20 heavy (non-hydrogen) atoms. The van der Waals surface area contributed by atoms with Crippen molar-refractivity contribution in [3.63, 3.8) is 0 Å². The maximum atomic E-state index is 11.7. The lowest BCUT2D eigenvalue weighted by molar-refractivity contribution is -0.139. The Bertz CT molecular complexity index is 462. The summed E-state index contributed by atoms with van der Waals surface area (Å²) in [6, 6.07) is 5.50. The highest BCUT2D eigenvalue weighted by atomic mass is 16.5. The molecule has 6 heteroatoms. The van der Waals surface area contributed by atoms with Gasteiger partial charge in [0.2, 0.25) is 0 Å². The van der Waals surface area contributed by atoms with Gasteiger partial charge in [0.15, 0.2) is 0 Å². The molecular weight excluding hydrogens is 260 g/mol. The minimum atomic E-state index is -1.04. The molecule has 0 unspecified atom stereocenters. The number of carbonyl (C=O) groups excluding carboxylic acids is 1. The van der Waals surface area contributed by atoms with Crippen LogP contribution in [0.2, 0.25) is 0 Å². The number of carbonyl (C=O) groups is 2. The molecule has 6 nitrogen and oxygen atoms in total. The molecule has 0 bridgehead atoms. The largest absolute Gasteiger partial charge is 0.494 e. The molecule has 1 aromatic carbocycles. The molecule has 0 aliphatic carbocycles. The summed E-state index contributed by atoms with van der Waals surface area (Å²) in [7, 11) is 0. The van der Waals surface area contributed by atoms with Crippen LogP contribution in [0.25, 0.3) is 0 Å². The number of amides is 2. The van der Waals surface area contributed by atoms with Crippen LogP contribution in [0.15, 0.2) is 24.3 Å². The molecule has 1 aromatic rings. The normalized spacial score (nSPS) is 11.5. The molecule has 0 heterocycles. The first-order chi connectivity index (χ1) is 9.56. The number of nitrogens with one attached hydrogen (secondary N) is 2. The Balaban J connectivity index is 2.61. The highest BCUT2D eigenvalue weighted by Crippen LogP contribution is 2.17. The van der Waals surface area contributed by atoms with Crippen LogP contribution in [-0.2, 0) is 4.79 Å². The van der Waals surface area contributed by atoms with Gasteiger partial charge >= 0.3 is 12.0 Å². The number of anilines is 1. The number of carboxylic acids is 1. The molecule has 110 valence electrons. The molecule has 0 saturated heterocycles. The van der Waals surface area contributed by atoms with Crippen LogP contribution in [0.4, 0.5) is 10.5 Å². The van der Waals surface area contributed by atoms with Crippen molar-refractivity contribution in [1.82, 2.24) is 5.32 Å². The van der Waals surface area contributed by atoms with Gasteiger partial charge in [0.05, 0.1) is 6.61 Å². The van der Waals surface area contributed by atoms with Gasteiger partial charge in [0.1, 0.15) is 11.8 Å². The Morgan fingerprint density at radius 1 is 1.35 bits per heavy atom. The van der Waals surface area contributed by atoms with E-state index in [9.17, 15) is 9.59 Å². The van der Waals surface area contributed by atoms with Gasteiger partial charge in [0, 0.05) is 11.8 Å². The second kappa shape index (κ2) is 8.04. The first-order valence-corrected chi connectivity index (χ1v) is 6.60. The molecule has 0 radical (unpaired) electrons. The van der Waals surface area contributed by atoms with Crippen LogP contribution in [0.3, 0.4) is 0 Å². The van der Waals surface area contributed by atoms with E-state index in [1.165, 1.54) is 0 Å². The second-order valence-electron chi connectivity index (χ2n) is 4.24. The molecule has 0 spiro atoms. The zero-order chi connectivity index (χ0) is 15.0. The van der Waals surface area contributed by atoms with Crippen LogP contribution < -0.4 is 15.4 Å². The number of urea groups is 1. The number of rotatable bonds is 7. The van der Waals surface area contributed by atoms with Crippen molar-refractivity contribution in [3.05, 3.63) is 24.3 Å². The van der Waals surface area contributed by atoms with E-state index >= 15 is 0 Å². The third kappa shape index (κ3) is 5.17. The summed E-state index contributed by atoms with van der Waals surface area (Å²) >= 11 is 0. The minimum Gasteiger partial charge on any atom is -0.494 e.